The van der Waals surface area contributed by atoms with Gasteiger partial charge >= 0.3 is 0 Å². The number of nitrogens with zero attached hydrogens (tertiary/aromatic N) is 2. The van der Waals surface area contributed by atoms with E-state index < -0.39 is 5.91 Å². The van der Waals surface area contributed by atoms with Gasteiger partial charge in [-0.15, -0.1) is 0 Å². The van der Waals surface area contributed by atoms with Crippen LogP contribution in [0, 0.1) is 0 Å². The molecule has 2 amide bonds. The summed E-state index contributed by atoms with van der Waals surface area (Å²) in [6.07, 6.45) is 5.74. The number of anilines is 1. The molecular weight excluding hydrogens is 358 g/mol. The quantitative estimate of drug-likeness (QED) is 0.860. The molecule has 7 nitrogen and oxygen atoms in total. The molecule has 1 aliphatic rings. The van der Waals surface area contributed by atoms with Gasteiger partial charge < -0.3 is 19.5 Å². The van der Waals surface area contributed by atoms with Gasteiger partial charge in [0.15, 0.2) is 6.61 Å². The smallest absolute Gasteiger partial charge is 0.274 e. The summed E-state index contributed by atoms with van der Waals surface area (Å²) < 4.78 is 6.72. The topological polar surface area (TPSA) is 80.6 Å². The molecule has 0 saturated carbocycles. The molecule has 0 aliphatic carbocycles. The van der Waals surface area contributed by atoms with Gasteiger partial charge in [0.05, 0.1) is 5.56 Å². The number of hydrogen-bond acceptors (Lipinski definition) is 4. The highest BCUT2D eigenvalue weighted by atomic mass is 16.5. The third-order valence-corrected chi connectivity index (χ3v) is 4.71. The second-order valence-corrected chi connectivity index (χ2v) is 6.91. The summed E-state index contributed by atoms with van der Waals surface area (Å²) in [6.45, 7) is 1.21. The monoisotopic (exact) mass is 383 g/mol. The average molecular weight is 383 g/mol. The van der Waals surface area contributed by atoms with Gasteiger partial charge in [-0.1, -0.05) is 31.0 Å². The first-order valence-electron chi connectivity index (χ1n) is 9.52. The van der Waals surface area contributed by atoms with Crippen LogP contribution in [0.3, 0.4) is 0 Å². The number of carbonyl (C=O) groups is 2. The van der Waals surface area contributed by atoms with E-state index in [4.69, 9.17) is 4.74 Å². The molecule has 1 fully saturated rings. The summed E-state index contributed by atoms with van der Waals surface area (Å²) in [5.74, 6) is -0.00972. The molecule has 1 saturated heterocycles. The first kappa shape index (κ1) is 19.7. The molecule has 1 aromatic carbocycles. The standard InChI is InChI=1S/C21H25N3O4/c1-23-14-16(20(26)24-11-7-2-3-8-12-24)13-18(21(23)27)22-19(25)15-28-17-9-5-4-6-10-17/h4-6,9-10,13-14H,2-3,7-8,11-12,15H2,1H3,(H,22,25). The number of rotatable bonds is 5. The Hall–Kier alpha value is -3.09. The molecule has 7 heteroatoms. The van der Waals surface area contributed by atoms with Crippen LogP contribution >= 0.6 is 0 Å². The fourth-order valence-corrected chi connectivity index (χ4v) is 3.23. The van der Waals surface area contributed by atoms with Crippen molar-refractivity contribution in [3.05, 3.63) is 58.5 Å². The number of carbonyl (C=O) groups excluding carboxylic acids is 2. The van der Waals surface area contributed by atoms with Crippen molar-refractivity contribution in [3.63, 3.8) is 0 Å². The summed E-state index contributed by atoms with van der Waals surface area (Å²) in [6, 6.07) is 10.4. The summed E-state index contributed by atoms with van der Waals surface area (Å²) in [7, 11) is 1.57. The molecule has 2 aromatic rings. The van der Waals surface area contributed by atoms with E-state index in [0.29, 0.717) is 24.4 Å². The van der Waals surface area contributed by atoms with E-state index in [1.807, 2.05) is 11.0 Å². The van der Waals surface area contributed by atoms with Crippen LogP contribution in [0.2, 0.25) is 0 Å². The first-order valence-corrected chi connectivity index (χ1v) is 9.52. The van der Waals surface area contributed by atoms with Crippen LogP contribution in [0.5, 0.6) is 5.75 Å². The highest BCUT2D eigenvalue weighted by Crippen LogP contribution is 2.15. The van der Waals surface area contributed by atoms with E-state index in [0.717, 1.165) is 25.7 Å². The lowest BCUT2D eigenvalue weighted by Crippen LogP contribution is -2.34. The summed E-state index contributed by atoms with van der Waals surface area (Å²) >= 11 is 0. The van der Waals surface area contributed by atoms with Gasteiger partial charge in [0, 0.05) is 26.3 Å². The summed E-state index contributed by atoms with van der Waals surface area (Å²) in [4.78, 5) is 39.2. The predicted octanol–water partition coefficient (Wildman–Crippen LogP) is 2.42. The zero-order valence-electron chi connectivity index (χ0n) is 16.0. The number of nitrogens with one attached hydrogen (secondary N) is 1. The fraction of sp³-hybridized carbons (Fsp3) is 0.381. The van der Waals surface area contributed by atoms with Crippen LogP contribution in [0.15, 0.2) is 47.4 Å². The third-order valence-electron chi connectivity index (χ3n) is 4.71. The van der Waals surface area contributed by atoms with E-state index in [9.17, 15) is 14.4 Å². The largest absolute Gasteiger partial charge is 0.484 e. The second-order valence-electron chi connectivity index (χ2n) is 6.91. The zero-order chi connectivity index (χ0) is 19.9. The van der Waals surface area contributed by atoms with Gasteiger partial charge in [0.25, 0.3) is 17.4 Å². The van der Waals surface area contributed by atoms with Crippen molar-refractivity contribution >= 4 is 17.5 Å². The maximum Gasteiger partial charge on any atom is 0.274 e. The number of aromatic nitrogens is 1. The Bertz CT molecular complexity index is 884. The van der Waals surface area contributed by atoms with E-state index in [1.54, 1.807) is 31.3 Å². The molecule has 0 spiro atoms. The van der Waals surface area contributed by atoms with Crippen LogP contribution in [-0.4, -0.2) is 41.0 Å². The molecule has 0 radical (unpaired) electrons. The van der Waals surface area contributed by atoms with Gasteiger partial charge in [-0.2, -0.15) is 0 Å². The Labute approximate surface area is 163 Å². The maximum absolute atomic E-state index is 12.8. The van der Waals surface area contributed by atoms with Crippen molar-refractivity contribution in [2.24, 2.45) is 7.05 Å². The third kappa shape index (κ3) is 5.00. The van der Waals surface area contributed by atoms with Gasteiger partial charge in [-0.3, -0.25) is 14.4 Å². The minimum atomic E-state index is -0.458. The number of para-hydroxylation sites is 1. The van der Waals surface area contributed by atoms with Crippen LogP contribution in [-0.2, 0) is 11.8 Å². The molecule has 28 heavy (non-hydrogen) atoms. The predicted molar refractivity (Wildman–Crippen MR) is 107 cm³/mol. The normalized spacial score (nSPS) is 14.2. The average Bonchev–Trinajstić information content (AvgIpc) is 2.99. The van der Waals surface area contributed by atoms with E-state index in [2.05, 4.69) is 5.32 Å². The second kappa shape index (κ2) is 9.21. The number of pyridine rings is 1. The molecule has 0 unspecified atom stereocenters. The Morgan fingerprint density at radius 1 is 1.07 bits per heavy atom. The Balaban J connectivity index is 1.71. The lowest BCUT2D eigenvalue weighted by atomic mass is 10.2. The van der Waals surface area contributed by atoms with E-state index >= 15 is 0 Å². The number of ether oxygens (including phenoxy) is 1. The van der Waals surface area contributed by atoms with Crippen LogP contribution in [0.4, 0.5) is 5.69 Å². The van der Waals surface area contributed by atoms with Crippen LogP contribution in [0.1, 0.15) is 36.0 Å². The van der Waals surface area contributed by atoms with Gasteiger partial charge in [-0.25, -0.2) is 0 Å². The number of likely N-dealkylation sites (tertiary alicyclic amines) is 1. The molecule has 3 rings (SSSR count). The number of aryl methyl sites for hydroxylation is 1. The number of amides is 2. The van der Waals surface area contributed by atoms with Crippen molar-refractivity contribution in [2.45, 2.75) is 25.7 Å². The minimum absolute atomic E-state index is 0.0739. The van der Waals surface area contributed by atoms with E-state index in [-0.39, 0.29) is 23.8 Å². The van der Waals surface area contributed by atoms with Gasteiger partial charge in [-0.05, 0) is 31.0 Å². The number of hydrogen-bond donors (Lipinski definition) is 1. The molecule has 0 bridgehead atoms. The fourth-order valence-electron chi connectivity index (χ4n) is 3.23. The Morgan fingerprint density at radius 3 is 2.43 bits per heavy atom. The van der Waals surface area contributed by atoms with Crippen molar-refractivity contribution in [1.29, 1.82) is 0 Å². The molecule has 1 aliphatic heterocycles. The molecule has 2 heterocycles. The highest BCUT2D eigenvalue weighted by molar-refractivity contribution is 5.97. The van der Waals surface area contributed by atoms with Crippen LogP contribution in [0.25, 0.3) is 0 Å². The molecule has 148 valence electrons. The SMILES string of the molecule is Cn1cc(C(=O)N2CCCCCC2)cc(NC(=O)COc2ccccc2)c1=O. The van der Waals surface area contributed by atoms with E-state index in [1.165, 1.54) is 16.8 Å². The van der Waals surface area contributed by atoms with Gasteiger partial charge in [0.2, 0.25) is 0 Å². The molecule has 1 N–H and O–H groups in total. The van der Waals surface area contributed by atoms with Crippen molar-refractivity contribution in [2.75, 3.05) is 25.0 Å². The zero-order valence-corrected chi connectivity index (χ0v) is 16.0. The summed E-state index contributed by atoms with van der Waals surface area (Å²) in [5.41, 5.74) is 0.0913. The summed E-state index contributed by atoms with van der Waals surface area (Å²) in [5, 5.41) is 2.56. The van der Waals surface area contributed by atoms with Gasteiger partial charge in [0.1, 0.15) is 11.4 Å². The first-order chi connectivity index (χ1) is 13.5. The molecule has 0 atom stereocenters. The highest BCUT2D eigenvalue weighted by Gasteiger charge is 2.20. The Kier molecular flexibility index (Phi) is 6.47. The lowest BCUT2D eigenvalue weighted by molar-refractivity contribution is -0.118. The number of benzene rings is 1. The van der Waals surface area contributed by atoms with Crippen molar-refractivity contribution in [3.8, 4) is 5.75 Å². The Morgan fingerprint density at radius 2 is 1.75 bits per heavy atom. The minimum Gasteiger partial charge on any atom is -0.484 e. The lowest BCUT2D eigenvalue weighted by Gasteiger charge is -2.21. The maximum atomic E-state index is 12.8. The van der Waals surface area contributed by atoms with Crippen LogP contribution < -0.4 is 15.6 Å². The van der Waals surface area contributed by atoms with Crippen molar-refractivity contribution in [1.82, 2.24) is 9.47 Å². The van der Waals surface area contributed by atoms with Crippen molar-refractivity contribution < 1.29 is 14.3 Å². The molecule has 1 aromatic heterocycles. The molecular formula is C21H25N3O4.